The van der Waals surface area contributed by atoms with Crippen LogP contribution in [-0.2, 0) is 0 Å². The predicted molar refractivity (Wildman–Crippen MR) is 43.0 cm³/mol. The lowest BCUT2D eigenvalue weighted by Gasteiger charge is -2.07. The molecule has 0 fully saturated rings. The first-order valence-electron chi connectivity index (χ1n) is 3.66. The summed E-state index contributed by atoms with van der Waals surface area (Å²) in [4.78, 5) is 3.85. The van der Waals surface area contributed by atoms with Gasteiger partial charge in [-0.15, -0.1) is 0 Å². The number of nitrogens with zero attached hydrogens (tertiary/aromatic N) is 1. The molecule has 0 aliphatic rings. The molecular weight excluding hydrogens is 128 g/mol. The van der Waals surface area contributed by atoms with E-state index in [2.05, 4.69) is 11.9 Å². The highest BCUT2D eigenvalue weighted by Gasteiger charge is 2.01. The zero-order chi connectivity index (χ0) is 7.82. The van der Waals surface area contributed by atoms with Gasteiger partial charge in [-0.3, -0.25) is 4.99 Å². The molecule has 10 heavy (non-hydrogen) atoms. The molecule has 0 radical (unpaired) electrons. The zero-order valence-corrected chi connectivity index (χ0v) is 6.45. The summed E-state index contributed by atoms with van der Waals surface area (Å²) < 4.78 is 0. The molecular formula is C7H16N2O. The highest BCUT2D eigenvalue weighted by molar-refractivity contribution is 5.50. The van der Waals surface area contributed by atoms with Gasteiger partial charge in [0.05, 0.1) is 6.34 Å². The second-order valence-corrected chi connectivity index (χ2v) is 2.30. The summed E-state index contributed by atoms with van der Waals surface area (Å²) in [5, 5.41) is 8.74. The number of rotatable bonds is 5. The van der Waals surface area contributed by atoms with Crippen molar-refractivity contribution in [3.05, 3.63) is 0 Å². The standard InChI is InChI=1S/C7H16N2O/c1-2-7(5-10)3-4-9-6-8/h6-7,10H,2-5H2,1H3,(H2,8,9). The minimum absolute atomic E-state index is 0.261. The van der Waals surface area contributed by atoms with Crippen molar-refractivity contribution in [2.75, 3.05) is 13.2 Å². The molecule has 3 nitrogen and oxygen atoms in total. The molecule has 0 aliphatic heterocycles. The molecule has 3 heteroatoms. The van der Waals surface area contributed by atoms with Crippen LogP contribution in [0.2, 0.25) is 0 Å². The van der Waals surface area contributed by atoms with Gasteiger partial charge < -0.3 is 10.8 Å². The molecule has 0 aromatic heterocycles. The van der Waals surface area contributed by atoms with Gasteiger partial charge in [0.25, 0.3) is 0 Å². The summed E-state index contributed by atoms with van der Waals surface area (Å²) in [5.41, 5.74) is 5.04. The average Bonchev–Trinajstić information content (AvgIpc) is 1.99. The van der Waals surface area contributed by atoms with Crippen molar-refractivity contribution >= 4 is 6.34 Å². The van der Waals surface area contributed by atoms with Crippen molar-refractivity contribution in [1.82, 2.24) is 0 Å². The fraction of sp³-hybridized carbons (Fsp3) is 0.857. The quantitative estimate of drug-likeness (QED) is 0.433. The van der Waals surface area contributed by atoms with Gasteiger partial charge in [0.1, 0.15) is 0 Å². The van der Waals surface area contributed by atoms with Crippen molar-refractivity contribution in [2.45, 2.75) is 19.8 Å². The molecule has 0 saturated heterocycles. The van der Waals surface area contributed by atoms with E-state index in [1.54, 1.807) is 0 Å². The van der Waals surface area contributed by atoms with E-state index < -0.39 is 0 Å². The molecule has 1 unspecified atom stereocenters. The van der Waals surface area contributed by atoms with Crippen LogP contribution in [0.4, 0.5) is 0 Å². The van der Waals surface area contributed by atoms with E-state index in [-0.39, 0.29) is 6.61 Å². The first-order chi connectivity index (χ1) is 4.85. The Balaban J connectivity index is 3.25. The van der Waals surface area contributed by atoms with Gasteiger partial charge in [-0.05, 0) is 12.3 Å². The third-order valence-corrected chi connectivity index (χ3v) is 1.61. The lowest BCUT2D eigenvalue weighted by molar-refractivity contribution is 0.217. The van der Waals surface area contributed by atoms with Gasteiger partial charge in [-0.25, -0.2) is 0 Å². The second kappa shape index (κ2) is 6.55. The van der Waals surface area contributed by atoms with Crippen LogP contribution in [0.5, 0.6) is 0 Å². The van der Waals surface area contributed by atoms with E-state index in [0.717, 1.165) is 19.4 Å². The van der Waals surface area contributed by atoms with E-state index in [1.807, 2.05) is 0 Å². The van der Waals surface area contributed by atoms with Crippen LogP contribution in [0.3, 0.4) is 0 Å². The summed E-state index contributed by atoms with van der Waals surface area (Å²) >= 11 is 0. The minimum Gasteiger partial charge on any atom is -0.396 e. The normalized spacial score (nSPS) is 14.2. The lowest BCUT2D eigenvalue weighted by Crippen LogP contribution is -2.06. The maximum absolute atomic E-state index is 8.74. The van der Waals surface area contributed by atoms with Gasteiger partial charge in [-0.1, -0.05) is 13.3 Å². The van der Waals surface area contributed by atoms with Crippen LogP contribution in [0.25, 0.3) is 0 Å². The van der Waals surface area contributed by atoms with Crippen molar-refractivity contribution < 1.29 is 5.11 Å². The van der Waals surface area contributed by atoms with E-state index in [4.69, 9.17) is 10.8 Å². The van der Waals surface area contributed by atoms with Crippen LogP contribution in [0.1, 0.15) is 19.8 Å². The van der Waals surface area contributed by atoms with Gasteiger partial charge >= 0.3 is 0 Å². The van der Waals surface area contributed by atoms with E-state index in [0.29, 0.717) is 5.92 Å². The third kappa shape index (κ3) is 4.32. The van der Waals surface area contributed by atoms with Crippen LogP contribution >= 0.6 is 0 Å². The molecule has 60 valence electrons. The van der Waals surface area contributed by atoms with E-state index in [9.17, 15) is 0 Å². The van der Waals surface area contributed by atoms with Crippen molar-refractivity contribution in [2.24, 2.45) is 16.6 Å². The molecule has 1 atom stereocenters. The van der Waals surface area contributed by atoms with Gasteiger partial charge in [0.2, 0.25) is 0 Å². The third-order valence-electron chi connectivity index (χ3n) is 1.61. The van der Waals surface area contributed by atoms with Crippen molar-refractivity contribution in [3.63, 3.8) is 0 Å². The van der Waals surface area contributed by atoms with Gasteiger partial charge in [0.15, 0.2) is 0 Å². The number of aliphatic hydroxyl groups is 1. The number of aliphatic imine (C=N–C) groups is 1. The molecule has 0 saturated carbocycles. The van der Waals surface area contributed by atoms with Crippen LogP contribution < -0.4 is 5.73 Å². The van der Waals surface area contributed by atoms with E-state index >= 15 is 0 Å². The summed E-state index contributed by atoms with van der Waals surface area (Å²) in [6, 6.07) is 0. The molecule has 0 bridgehead atoms. The Morgan fingerprint density at radius 1 is 1.70 bits per heavy atom. The second-order valence-electron chi connectivity index (χ2n) is 2.30. The minimum atomic E-state index is 0.261. The van der Waals surface area contributed by atoms with Crippen molar-refractivity contribution in [1.29, 1.82) is 0 Å². The average molecular weight is 144 g/mol. The Labute approximate surface area is 62.0 Å². The fourth-order valence-corrected chi connectivity index (χ4v) is 0.756. The molecule has 0 aromatic rings. The Morgan fingerprint density at radius 3 is 2.80 bits per heavy atom. The predicted octanol–water partition coefficient (Wildman–Crippen LogP) is 0.382. The maximum Gasteiger partial charge on any atom is 0.0797 e. The Hall–Kier alpha value is -0.570. The first-order valence-corrected chi connectivity index (χ1v) is 3.66. The largest absolute Gasteiger partial charge is 0.396 e. The molecule has 0 amide bonds. The number of nitrogens with two attached hydrogens (primary N) is 1. The molecule has 3 N–H and O–H groups in total. The van der Waals surface area contributed by atoms with Crippen LogP contribution in [0, 0.1) is 5.92 Å². The number of hydrogen-bond acceptors (Lipinski definition) is 2. The van der Waals surface area contributed by atoms with Crippen molar-refractivity contribution in [3.8, 4) is 0 Å². The molecule has 0 aliphatic carbocycles. The highest BCUT2D eigenvalue weighted by Crippen LogP contribution is 2.05. The lowest BCUT2D eigenvalue weighted by atomic mass is 10.0. The fourth-order valence-electron chi connectivity index (χ4n) is 0.756. The molecule has 0 rings (SSSR count). The molecule has 0 spiro atoms. The molecule has 0 aromatic carbocycles. The monoisotopic (exact) mass is 144 g/mol. The highest BCUT2D eigenvalue weighted by atomic mass is 16.3. The Bertz CT molecular complexity index is 89.6. The Kier molecular flexibility index (Phi) is 6.18. The van der Waals surface area contributed by atoms with Crippen LogP contribution in [0.15, 0.2) is 4.99 Å². The zero-order valence-electron chi connectivity index (χ0n) is 6.45. The maximum atomic E-state index is 8.74. The topological polar surface area (TPSA) is 58.6 Å². The smallest absolute Gasteiger partial charge is 0.0797 e. The summed E-state index contributed by atoms with van der Waals surface area (Å²) in [6.45, 7) is 3.05. The SMILES string of the molecule is CCC(CO)CCN=CN. The summed E-state index contributed by atoms with van der Waals surface area (Å²) in [6.07, 6.45) is 3.25. The van der Waals surface area contributed by atoms with Crippen LogP contribution in [-0.4, -0.2) is 24.6 Å². The van der Waals surface area contributed by atoms with Gasteiger partial charge in [0, 0.05) is 13.2 Å². The van der Waals surface area contributed by atoms with E-state index in [1.165, 1.54) is 6.34 Å². The first kappa shape index (κ1) is 9.43. The molecule has 0 heterocycles. The summed E-state index contributed by atoms with van der Waals surface area (Å²) in [7, 11) is 0. The number of aliphatic hydroxyl groups excluding tert-OH is 1. The summed E-state index contributed by atoms with van der Waals surface area (Å²) in [5.74, 6) is 0.392. The van der Waals surface area contributed by atoms with Gasteiger partial charge in [-0.2, -0.15) is 0 Å². The Morgan fingerprint density at radius 2 is 2.40 bits per heavy atom. The number of hydrogen-bond donors (Lipinski definition) is 2.